The van der Waals surface area contributed by atoms with Crippen molar-refractivity contribution in [3.8, 4) is 0 Å². The Bertz CT molecular complexity index is 412. The molecule has 0 aliphatic carbocycles. The molecule has 1 aliphatic rings. The van der Waals surface area contributed by atoms with Crippen LogP contribution in [0.3, 0.4) is 0 Å². The Morgan fingerprint density at radius 1 is 1.22 bits per heavy atom. The largest absolute Gasteiger partial charge is 0.309 e. The van der Waals surface area contributed by atoms with Crippen molar-refractivity contribution >= 4 is 0 Å². The van der Waals surface area contributed by atoms with Crippen LogP contribution in [0.25, 0.3) is 0 Å². The van der Waals surface area contributed by atoms with E-state index in [-0.39, 0.29) is 17.7 Å². The summed E-state index contributed by atoms with van der Waals surface area (Å²) in [5.74, 6) is -0.711. The van der Waals surface area contributed by atoms with Crippen LogP contribution in [0.5, 0.6) is 0 Å². The Morgan fingerprint density at radius 2 is 1.83 bits per heavy atom. The minimum atomic E-state index is -0.380. The molecule has 4 heteroatoms. The molecule has 2 nitrogen and oxygen atoms in total. The van der Waals surface area contributed by atoms with Gasteiger partial charge in [-0.15, -0.1) is 0 Å². The molecule has 0 saturated carbocycles. The van der Waals surface area contributed by atoms with Crippen molar-refractivity contribution in [2.24, 2.45) is 0 Å². The topological polar surface area (TPSA) is 15.3 Å². The highest BCUT2D eigenvalue weighted by Gasteiger charge is 2.26. The first-order valence-electron chi connectivity index (χ1n) is 6.42. The fourth-order valence-corrected chi connectivity index (χ4v) is 2.72. The Balaban J connectivity index is 2.19. The molecule has 0 amide bonds. The maximum Gasteiger partial charge on any atom is 0.128 e. The van der Waals surface area contributed by atoms with Crippen LogP contribution in [0.15, 0.2) is 18.2 Å². The van der Waals surface area contributed by atoms with Gasteiger partial charge in [0.05, 0.1) is 0 Å². The second kappa shape index (κ2) is 5.33. The van der Waals surface area contributed by atoms with Crippen molar-refractivity contribution in [2.45, 2.75) is 38.9 Å². The summed E-state index contributed by atoms with van der Waals surface area (Å²) in [5, 5.41) is 3.43. The van der Waals surface area contributed by atoms with Crippen LogP contribution >= 0.6 is 0 Å². The molecule has 1 aromatic rings. The molecule has 0 radical (unpaired) electrons. The Labute approximate surface area is 107 Å². The zero-order valence-corrected chi connectivity index (χ0v) is 11.1. The lowest BCUT2D eigenvalue weighted by atomic mass is 10.0. The van der Waals surface area contributed by atoms with Crippen LogP contribution in [0, 0.1) is 11.6 Å². The van der Waals surface area contributed by atoms with Gasteiger partial charge in [0.2, 0.25) is 0 Å². The fraction of sp³-hybridized carbons (Fsp3) is 0.571. The number of halogens is 2. The van der Waals surface area contributed by atoms with Crippen LogP contribution in [-0.2, 0) is 0 Å². The summed E-state index contributed by atoms with van der Waals surface area (Å²) in [6.45, 7) is 7.85. The maximum absolute atomic E-state index is 13.8. The van der Waals surface area contributed by atoms with Gasteiger partial charge in [-0.3, -0.25) is 4.90 Å². The van der Waals surface area contributed by atoms with E-state index >= 15 is 0 Å². The average Bonchev–Trinajstić information content (AvgIpc) is 2.30. The number of hydrogen-bond acceptors (Lipinski definition) is 2. The second-order valence-electron chi connectivity index (χ2n) is 5.26. The first-order valence-corrected chi connectivity index (χ1v) is 6.42. The van der Waals surface area contributed by atoms with Crippen molar-refractivity contribution < 1.29 is 8.78 Å². The molecule has 1 saturated heterocycles. The predicted molar refractivity (Wildman–Crippen MR) is 68.4 cm³/mol. The Kier molecular flexibility index (Phi) is 3.97. The van der Waals surface area contributed by atoms with Crippen molar-refractivity contribution in [3.05, 3.63) is 35.4 Å². The third-order valence-corrected chi connectivity index (χ3v) is 3.54. The third kappa shape index (κ3) is 2.87. The van der Waals surface area contributed by atoms with Crippen LogP contribution in [0.1, 0.15) is 32.4 Å². The van der Waals surface area contributed by atoms with Gasteiger partial charge in [0, 0.05) is 36.8 Å². The van der Waals surface area contributed by atoms with Gasteiger partial charge < -0.3 is 5.32 Å². The molecule has 1 fully saturated rings. The van der Waals surface area contributed by atoms with Crippen LogP contribution in [-0.4, -0.2) is 30.1 Å². The van der Waals surface area contributed by atoms with Crippen molar-refractivity contribution in [1.29, 1.82) is 0 Å². The van der Waals surface area contributed by atoms with Gasteiger partial charge in [0.1, 0.15) is 11.6 Å². The molecule has 0 aromatic heterocycles. The molecular formula is C14H20F2N2. The van der Waals surface area contributed by atoms with Crippen molar-refractivity contribution in [2.75, 3.05) is 13.1 Å². The third-order valence-electron chi connectivity index (χ3n) is 3.54. The van der Waals surface area contributed by atoms with E-state index in [1.165, 1.54) is 12.1 Å². The van der Waals surface area contributed by atoms with Gasteiger partial charge in [-0.25, -0.2) is 8.78 Å². The molecule has 18 heavy (non-hydrogen) atoms. The van der Waals surface area contributed by atoms with E-state index in [0.717, 1.165) is 19.2 Å². The maximum atomic E-state index is 13.8. The number of rotatable bonds is 2. The zero-order valence-electron chi connectivity index (χ0n) is 11.1. The standard InChI is InChI=1S/C14H20F2N2/c1-9-7-18(8-10(2)17-9)11(3)13-6-12(15)4-5-14(13)16/h4-6,9-11,17H,7-8H2,1-3H3. The molecule has 3 unspecified atom stereocenters. The van der Waals surface area contributed by atoms with Crippen molar-refractivity contribution in [1.82, 2.24) is 10.2 Å². The molecule has 1 N–H and O–H groups in total. The lowest BCUT2D eigenvalue weighted by Crippen LogP contribution is -2.54. The molecular weight excluding hydrogens is 234 g/mol. The van der Waals surface area contributed by atoms with Gasteiger partial charge in [0.15, 0.2) is 0 Å². The summed E-state index contributed by atoms with van der Waals surface area (Å²) in [6.07, 6.45) is 0. The number of benzene rings is 1. The highest BCUT2D eigenvalue weighted by Crippen LogP contribution is 2.25. The molecule has 1 aromatic carbocycles. The fourth-order valence-electron chi connectivity index (χ4n) is 2.72. The highest BCUT2D eigenvalue weighted by atomic mass is 19.1. The number of nitrogens with one attached hydrogen (secondary N) is 1. The van der Waals surface area contributed by atoms with Gasteiger partial charge in [-0.1, -0.05) is 0 Å². The lowest BCUT2D eigenvalue weighted by Gasteiger charge is -2.39. The first kappa shape index (κ1) is 13.4. The van der Waals surface area contributed by atoms with E-state index in [1.54, 1.807) is 0 Å². The number of hydrogen-bond donors (Lipinski definition) is 1. The summed E-state index contributed by atoms with van der Waals surface area (Å²) in [6, 6.07) is 4.30. The van der Waals surface area contributed by atoms with Crippen LogP contribution in [0.4, 0.5) is 8.78 Å². The van der Waals surface area contributed by atoms with Gasteiger partial charge in [-0.05, 0) is 39.0 Å². The summed E-state index contributed by atoms with van der Waals surface area (Å²) >= 11 is 0. The summed E-state index contributed by atoms with van der Waals surface area (Å²) in [4.78, 5) is 2.20. The average molecular weight is 254 g/mol. The van der Waals surface area contributed by atoms with Crippen LogP contribution < -0.4 is 5.32 Å². The Morgan fingerprint density at radius 3 is 2.44 bits per heavy atom. The second-order valence-corrected chi connectivity index (χ2v) is 5.26. The SMILES string of the molecule is CC1CN(C(C)c2cc(F)ccc2F)CC(C)N1. The predicted octanol–water partition coefficient (Wildman–Crippen LogP) is 2.71. The quantitative estimate of drug-likeness (QED) is 0.873. The van der Waals surface area contributed by atoms with Crippen molar-refractivity contribution in [3.63, 3.8) is 0 Å². The number of piperazine rings is 1. The van der Waals surface area contributed by atoms with E-state index in [1.807, 2.05) is 6.92 Å². The van der Waals surface area contributed by atoms with Crippen LogP contribution in [0.2, 0.25) is 0 Å². The monoisotopic (exact) mass is 254 g/mol. The van der Waals surface area contributed by atoms with E-state index in [9.17, 15) is 8.78 Å². The molecule has 0 spiro atoms. The molecule has 100 valence electrons. The minimum Gasteiger partial charge on any atom is -0.309 e. The Hall–Kier alpha value is -1.00. The number of nitrogens with zero attached hydrogens (tertiary/aromatic N) is 1. The smallest absolute Gasteiger partial charge is 0.128 e. The summed E-state index contributed by atoms with van der Waals surface area (Å²) in [5.41, 5.74) is 0.441. The lowest BCUT2D eigenvalue weighted by molar-refractivity contribution is 0.129. The first-order chi connectivity index (χ1) is 8.47. The van der Waals surface area contributed by atoms with E-state index in [4.69, 9.17) is 0 Å². The van der Waals surface area contributed by atoms with E-state index < -0.39 is 0 Å². The molecule has 3 atom stereocenters. The van der Waals surface area contributed by atoms with Gasteiger partial charge in [0.25, 0.3) is 0 Å². The van der Waals surface area contributed by atoms with E-state index in [0.29, 0.717) is 17.6 Å². The normalized spacial score (nSPS) is 27.2. The van der Waals surface area contributed by atoms with Gasteiger partial charge >= 0.3 is 0 Å². The molecule has 1 heterocycles. The summed E-state index contributed by atoms with van der Waals surface area (Å²) < 4.78 is 27.0. The molecule has 0 bridgehead atoms. The summed E-state index contributed by atoms with van der Waals surface area (Å²) in [7, 11) is 0. The minimum absolute atomic E-state index is 0.104. The highest BCUT2D eigenvalue weighted by molar-refractivity contribution is 5.22. The van der Waals surface area contributed by atoms with Gasteiger partial charge in [-0.2, -0.15) is 0 Å². The van der Waals surface area contributed by atoms with E-state index in [2.05, 4.69) is 24.1 Å². The zero-order chi connectivity index (χ0) is 13.3. The molecule has 1 aliphatic heterocycles. The molecule has 2 rings (SSSR count).